The first kappa shape index (κ1) is 20.7. The van der Waals surface area contributed by atoms with Crippen molar-refractivity contribution in [2.45, 2.75) is 46.4 Å². The van der Waals surface area contributed by atoms with E-state index < -0.39 is 0 Å². The van der Waals surface area contributed by atoms with Crippen LogP contribution >= 0.6 is 11.6 Å². The van der Waals surface area contributed by atoms with E-state index in [0.29, 0.717) is 30.4 Å². The molecule has 0 radical (unpaired) electrons. The highest BCUT2D eigenvalue weighted by Gasteiger charge is 2.17. The van der Waals surface area contributed by atoms with Gasteiger partial charge in [0.15, 0.2) is 5.82 Å². The summed E-state index contributed by atoms with van der Waals surface area (Å²) in [6, 6.07) is 0. The van der Waals surface area contributed by atoms with Gasteiger partial charge in [-0.05, 0) is 39.0 Å². The van der Waals surface area contributed by atoms with Crippen LogP contribution in [0, 0.1) is 0 Å². The molecule has 1 aliphatic rings. The second-order valence-corrected chi connectivity index (χ2v) is 6.68. The van der Waals surface area contributed by atoms with Gasteiger partial charge in [0.2, 0.25) is 0 Å². The third kappa shape index (κ3) is 5.69. The van der Waals surface area contributed by atoms with E-state index in [9.17, 15) is 4.79 Å². The highest BCUT2D eigenvalue weighted by Crippen LogP contribution is 2.24. The summed E-state index contributed by atoms with van der Waals surface area (Å²) in [6.45, 7) is 10.2. The van der Waals surface area contributed by atoms with Crippen LogP contribution < -0.4 is 5.69 Å². The monoisotopic (exact) mass is 388 g/mol. The van der Waals surface area contributed by atoms with Crippen molar-refractivity contribution in [3.63, 3.8) is 0 Å². The minimum Gasteiger partial charge on any atom is -0.491 e. The summed E-state index contributed by atoms with van der Waals surface area (Å²) in [5, 5.41) is 5.05. The largest absolute Gasteiger partial charge is 0.491 e. The Morgan fingerprint density at radius 2 is 2.22 bits per heavy atom. The molecule has 7 heteroatoms. The SMILES string of the molecule is C=CCn1nc(C2=CC=NC=C(Cl)C2)n(C/C=C\C(=C/C)OC(C)C)c1=O. The fraction of sp³-hybridized carbons (Fsp3) is 0.350. The van der Waals surface area contributed by atoms with Crippen LogP contribution in [0.4, 0.5) is 0 Å². The van der Waals surface area contributed by atoms with E-state index in [2.05, 4.69) is 16.7 Å². The highest BCUT2D eigenvalue weighted by atomic mass is 35.5. The maximum Gasteiger partial charge on any atom is 0.346 e. The Hall–Kier alpha value is -2.60. The minimum absolute atomic E-state index is 0.0823. The zero-order valence-electron chi connectivity index (χ0n) is 15.9. The lowest BCUT2D eigenvalue weighted by Crippen LogP contribution is -2.24. The van der Waals surface area contributed by atoms with Gasteiger partial charge in [-0.3, -0.25) is 9.56 Å². The van der Waals surface area contributed by atoms with Gasteiger partial charge in [0.05, 0.1) is 12.6 Å². The van der Waals surface area contributed by atoms with Gasteiger partial charge < -0.3 is 4.74 Å². The molecule has 0 saturated carbocycles. The summed E-state index contributed by atoms with van der Waals surface area (Å²) in [5.41, 5.74) is 0.624. The number of hydrogen-bond acceptors (Lipinski definition) is 4. The van der Waals surface area contributed by atoms with E-state index in [1.54, 1.807) is 23.1 Å². The quantitative estimate of drug-likeness (QED) is 0.383. The minimum atomic E-state index is -0.205. The van der Waals surface area contributed by atoms with E-state index in [1.165, 1.54) is 4.68 Å². The van der Waals surface area contributed by atoms with Gasteiger partial charge >= 0.3 is 5.69 Å². The van der Waals surface area contributed by atoms with Gasteiger partial charge in [-0.15, -0.1) is 11.7 Å². The molecule has 0 bridgehead atoms. The van der Waals surface area contributed by atoms with Gasteiger partial charge in [0, 0.05) is 36.0 Å². The van der Waals surface area contributed by atoms with Crippen molar-refractivity contribution in [2.24, 2.45) is 4.99 Å². The van der Waals surface area contributed by atoms with Crippen molar-refractivity contribution >= 4 is 23.4 Å². The Morgan fingerprint density at radius 3 is 2.89 bits per heavy atom. The Balaban J connectivity index is 2.35. The number of hydrogen-bond donors (Lipinski definition) is 0. The number of rotatable bonds is 8. The molecule has 0 amide bonds. The molecular formula is C20H25ClN4O2. The van der Waals surface area contributed by atoms with Gasteiger partial charge in [0.25, 0.3) is 0 Å². The number of nitrogens with zero attached hydrogens (tertiary/aromatic N) is 4. The van der Waals surface area contributed by atoms with Crippen LogP contribution in [0.15, 0.2) is 63.7 Å². The zero-order chi connectivity index (χ0) is 19.8. The number of aromatic nitrogens is 3. The molecule has 6 nitrogen and oxygen atoms in total. The molecule has 0 aromatic carbocycles. The predicted molar refractivity (Wildman–Crippen MR) is 111 cm³/mol. The maximum atomic E-state index is 12.7. The van der Waals surface area contributed by atoms with E-state index >= 15 is 0 Å². The van der Waals surface area contributed by atoms with Crippen LogP contribution in [0.1, 0.15) is 33.0 Å². The predicted octanol–water partition coefficient (Wildman–Crippen LogP) is 4.05. The summed E-state index contributed by atoms with van der Waals surface area (Å²) >= 11 is 6.17. The first-order valence-corrected chi connectivity index (χ1v) is 9.19. The molecule has 0 spiro atoms. The number of aliphatic imine (C=N–C) groups is 1. The van der Waals surface area contributed by atoms with Crippen molar-refractivity contribution in [1.29, 1.82) is 0 Å². The second kappa shape index (κ2) is 9.92. The summed E-state index contributed by atoms with van der Waals surface area (Å²) in [5.74, 6) is 1.32. The van der Waals surface area contributed by atoms with Crippen molar-refractivity contribution in [1.82, 2.24) is 14.3 Å². The van der Waals surface area contributed by atoms with Gasteiger partial charge in [-0.25, -0.2) is 9.48 Å². The fourth-order valence-electron chi connectivity index (χ4n) is 2.53. The topological polar surface area (TPSA) is 61.4 Å². The summed E-state index contributed by atoms with van der Waals surface area (Å²) < 4.78 is 8.68. The molecule has 1 aliphatic heterocycles. The standard InChI is InChI=1S/C20H25ClN4O2/c1-5-11-25-20(26)24(12-7-8-18(6-2)27-15(3)4)19(23-25)16-9-10-22-14-17(21)13-16/h5-10,14-15H,1,11-13H2,2-4H3/b8-7-,18-6+. The number of ether oxygens (including phenoxy) is 1. The second-order valence-electron chi connectivity index (χ2n) is 6.19. The molecule has 2 rings (SSSR count). The van der Waals surface area contributed by atoms with Crippen LogP contribution in [0.3, 0.4) is 0 Å². The molecule has 0 unspecified atom stereocenters. The van der Waals surface area contributed by atoms with E-state index in [-0.39, 0.29) is 11.8 Å². The molecule has 0 atom stereocenters. The van der Waals surface area contributed by atoms with Crippen LogP contribution in [0.5, 0.6) is 0 Å². The fourth-order valence-corrected chi connectivity index (χ4v) is 2.73. The summed E-state index contributed by atoms with van der Waals surface area (Å²) in [7, 11) is 0. The van der Waals surface area contributed by atoms with E-state index in [0.717, 1.165) is 11.3 Å². The third-order valence-electron chi connectivity index (χ3n) is 3.67. The first-order chi connectivity index (χ1) is 13.0. The molecule has 1 aromatic heterocycles. The normalized spacial score (nSPS) is 15.1. The molecule has 0 N–H and O–H groups in total. The van der Waals surface area contributed by atoms with Gasteiger partial charge in [-0.1, -0.05) is 23.8 Å². The average molecular weight is 389 g/mol. The van der Waals surface area contributed by atoms with Crippen molar-refractivity contribution in [3.8, 4) is 0 Å². The van der Waals surface area contributed by atoms with Crippen LogP contribution in [0.2, 0.25) is 0 Å². The molecule has 0 aliphatic carbocycles. The molecule has 0 fully saturated rings. The Kier molecular flexibility index (Phi) is 7.61. The van der Waals surface area contributed by atoms with Crippen LogP contribution in [-0.4, -0.2) is 26.7 Å². The van der Waals surface area contributed by atoms with Gasteiger partial charge in [-0.2, -0.15) is 0 Å². The van der Waals surface area contributed by atoms with Crippen LogP contribution in [0.25, 0.3) is 5.57 Å². The summed E-state index contributed by atoms with van der Waals surface area (Å²) in [6.07, 6.45) is 12.9. The lowest BCUT2D eigenvalue weighted by atomic mass is 10.1. The third-order valence-corrected chi connectivity index (χ3v) is 3.91. The average Bonchev–Trinajstić information content (AvgIpc) is 2.79. The maximum absolute atomic E-state index is 12.7. The molecule has 0 saturated heterocycles. The molecule has 27 heavy (non-hydrogen) atoms. The molecule has 1 aromatic rings. The number of allylic oxidation sites excluding steroid dienone is 7. The molecule has 2 heterocycles. The zero-order valence-corrected chi connectivity index (χ0v) is 16.7. The Morgan fingerprint density at radius 1 is 1.44 bits per heavy atom. The first-order valence-electron chi connectivity index (χ1n) is 8.81. The smallest absolute Gasteiger partial charge is 0.346 e. The van der Waals surface area contributed by atoms with Crippen molar-refractivity contribution < 1.29 is 4.74 Å². The molecular weight excluding hydrogens is 364 g/mol. The van der Waals surface area contributed by atoms with Crippen LogP contribution in [-0.2, 0) is 17.8 Å². The lowest BCUT2D eigenvalue weighted by molar-refractivity contribution is 0.157. The number of halogens is 1. The van der Waals surface area contributed by atoms with E-state index in [4.69, 9.17) is 16.3 Å². The van der Waals surface area contributed by atoms with Gasteiger partial charge in [0.1, 0.15) is 5.76 Å². The Labute approximate surface area is 164 Å². The highest BCUT2D eigenvalue weighted by molar-refractivity contribution is 6.30. The summed E-state index contributed by atoms with van der Waals surface area (Å²) in [4.78, 5) is 16.8. The van der Waals surface area contributed by atoms with E-state index in [1.807, 2.05) is 45.1 Å². The molecule has 144 valence electrons. The van der Waals surface area contributed by atoms with Crippen molar-refractivity contribution in [2.75, 3.05) is 0 Å². The van der Waals surface area contributed by atoms with Crippen molar-refractivity contribution in [3.05, 3.63) is 70.3 Å². The Bertz CT molecular complexity index is 882. The lowest BCUT2D eigenvalue weighted by Gasteiger charge is -2.10.